The summed E-state index contributed by atoms with van der Waals surface area (Å²) in [6, 6.07) is 0. The number of hydrogen-bond donors (Lipinski definition) is 0. The van der Waals surface area contributed by atoms with E-state index in [0.29, 0.717) is 16.2 Å². The summed E-state index contributed by atoms with van der Waals surface area (Å²) in [5.74, 6) is 0.936. The van der Waals surface area contributed by atoms with Crippen molar-refractivity contribution in [2.24, 2.45) is 22.2 Å². The zero-order valence-corrected chi connectivity index (χ0v) is 10.7. The molecular weight excluding hydrogens is 180 g/mol. The molecule has 0 nitrogen and oxygen atoms in total. The second kappa shape index (κ2) is 2.52. The Balaban J connectivity index is 2.15. The molecule has 0 aromatic rings. The smallest absolute Gasteiger partial charge is 0.00771 e. The molecule has 2 fully saturated rings. The first-order chi connectivity index (χ1) is 6.91. The van der Waals surface area contributed by atoms with Crippen molar-refractivity contribution in [1.82, 2.24) is 0 Å². The van der Waals surface area contributed by atoms with Crippen molar-refractivity contribution >= 4 is 0 Å². The van der Waals surface area contributed by atoms with Gasteiger partial charge in [-0.3, -0.25) is 0 Å². The van der Waals surface area contributed by atoms with Crippen LogP contribution in [0.4, 0.5) is 0 Å². The first-order valence-corrected chi connectivity index (χ1v) is 6.61. The molecule has 0 radical (unpaired) electrons. The topological polar surface area (TPSA) is 0 Å². The maximum Gasteiger partial charge on any atom is -0.00771 e. The van der Waals surface area contributed by atoms with E-state index < -0.39 is 0 Å². The maximum atomic E-state index is 2.63. The summed E-state index contributed by atoms with van der Waals surface area (Å²) in [6.07, 6.45) is 9.89. The predicted molar refractivity (Wildman–Crippen MR) is 64.7 cm³/mol. The van der Waals surface area contributed by atoms with Crippen molar-refractivity contribution in [3.8, 4) is 0 Å². The fraction of sp³-hybridized carbons (Fsp3) is 0.867. The minimum absolute atomic E-state index is 0.530. The van der Waals surface area contributed by atoms with E-state index in [1.54, 1.807) is 5.57 Å². The Hall–Kier alpha value is -0.260. The van der Waals surface area contributed by atoms with Gasteiger partial charge in [-0.2, -0.15) is 0 Å². The van der Waals surface area contributed by atoms with E-state index in [9.17, 15) is 0 Å². The van der Waals surface area contributed by atoms with Gasteiger partial charge in [0.25, 0.3) is 0 Å². The Morgan fingerprint density at radius 2 is 1.80 bits per heavy atom. The molecule has 0 heterocycles. The van der Waals surface area contributed by atoms with Crippen LogP contribution in [0.25, 0.3) is 0 Å². The van der Waals surface area contributed by atoms with Crippen LogP contribution >= 0.6 is 0 Å². The van der Waals surface area contributed by atoms with Crippen LogP contribution in [-0.4, -0.2) is 0 Å². The van der Waals surface area contributed by atoms with Crippen molar-refractivity contribution in [3.63, 3.8) is 0 Å². The molecule has 0 saturated heterocycles. The molecule has 3 rings (SSSR count). The molecule has 0 bridgehead atoms. The molecule has 0 N–H and O–H groups in total. The van der Waals surface area contributed by atoms with Crippen LogP contribution < -0.4 is 0 Å². The molecule has 84 valence electrons. The third kappa shape index (κ3) is 0.990. The minimum Gasteiger partial charge on any atom is -0.0788 e. The van der Waals surface area contributed by atoms with E-state index in [-0.39, 0.29) is 0 Å². The highest BCUT2D eigenvalue weighted by atomic mass is 14.7. The molecule has 4 atom stereocenters. The molecule has 0 aliphatic heterocycles. The third-order valence-electron chi connectivity index (χ3n) is 6.12. The van der Waals surface area contributed by atoms with Gasteiger partial charge in [-0.1, -0.05) is 38.8 Å². The summed E-state index contributed by atoms with van der Waals surface area (Å²) in [6.45, 7) is 10.0. The lowest BCUT2D eigenvalue weighted by molar-refractivity contribution is 0.0166. The molecule has 0 heteroatoms. The quantitative estimate of drug-likeness (QED) is 0.507. The van der Waals surface area contributed by atoms with Crippen LogP contribution in [0, 0.1) is 22.2 Å². The minimum atomic E-state index is 0.530. The zero-order valence-electron chi connectivity index (χ0n) is 10.7. The third-order valence-corrected chi connectivity index (χ3v) is 6.12. The van der Waals surface area contributed by atoms with Gasteiger partial charge in [0.2, 0.25) is 0 Å². The molecular formula is C15H24. The van der Waals surface area contributed by atoms with Crippen LogP contribution in [0.15, 0.2) is 11.6 Å². The van der Waals surface area contributed by atoms with E-state index in [4.69, 9.17) is 0 Å². The van der Waals surface area contributed by atoms with Gasteiger partial charge in [-0.25, -0.2) is 0 Å². The van der Waals surface area contributed by atoms with Crippen LogP contribution in [-0.2, 0) is 0 Å². The van der Waals surface area contributed by atoms with Crippen LogP contribution in [0.3, 0.4) is 0 Å². The Morgan fingerprint density at radius 3 is 2.53 bits per heavy atom. The highest BCUT2D eigenvalue weighted by molar-refractivity contribution is 5.32. The first-order valence-electron chi connectivity index (χ1n) is 6.61. The lowest BCUT2D eigenvalue weighted by Crippen LogP contribution is -2.42. The highest BCUT2D eigenvalue weighted by Gasteiger charge is 2.63. The van der Waals surface area contributed by atoms with Crippen LogP contribution in [0.5, 0.6) is 0 Å². The van der Waals surface area contributed by atoms with Gasteiger partial charge in [0, 0.05) is 0 Å². The molecule has 3 aliphatic rings. The van der Waals surface area contributed by atoms with Gasteiger partial charge in [-0.05, 0) is 54.8 Å². The second-order valence-corrected chi connectivity index (χ2v) is 7.19. The van der Waals surface area contributed by atoms with Gasteiger partial charge in [0.05, 0.1) is 0 Å². The molecule has 3 aliphatic carbocycles. The summed E-state index contributed by atoms with van der Waals surface area (Å²) in [5, 5.41) is 0. The predicted octanol–water partition coefficient (Wildman–Crippen LogP) is 4.56. The molecule has 4 unspecified atom stereocenters. The molecule has 2 saturated carbocycles. The van der Waals surface area contributed by atoms with Gasteiger partial charge in [-0.15, -0.1) is 0 Å². The Labute approximate surface area is 94.1 Å². The lowest BCUT2D eigenvalue weighted by atomic mass is 9.55. The van der Waals surface area contributed by atoms with Gasteiger partial charge in [0.15, 0.2) is 0 Å². The average molecular weight is 204 g/mol. The normalized spacial score (nSPS) is 57.9. The van der Waals surface area contributed by atoms with Crippen molar-refractivity contribution in [2.45, 2.75) is 59.8 Å². The monoisotopic (exact) mass is 204 g/mol. The summed E-state index contributed by atoms with van der Waals surface area (Å²) in [4.78, 5) is 0. The molecule has 0 aromatic carbocycles. The van der Waals surface area contributed by atoms with Crippen molar-refractivity contribution in [2.75, 3.05) is 0 Å². The SMILES string of the molecule is CC1=CC2(C)CCCC3(C)CCC1(C)C23. The fourth-order valence-electron chi connectivity index (χ4n) is 5.65. The summed E-state index contributed by atoms with van der Waals surface area (Å²) < 4.78 is 0. The molecule has 0 spiro atoms. The van der Waals surface area contributed by atoms with Crippen molar-refractivity contribution in [1.29, 1.82) is 0 Å². The van der Waals surface area contributed by atoms with E-state index in [0.717, 1.165) is 5.92 Å². The zero-order chi connectivity index (χ0) is 10.9. The van der Waals surface area contributed by atoms with E-state index in [1.807, 2.05) is 0 Å². The Morgan fingerprint density at radius 1 is 1.07 bits per heavy atom. The Bertz CT molecular complexity index is 340. The van der Waals surface area contributed by atoms with Crippen LogP contribution in [0.2, 0.25) is 0 Å². The standard InChI is InChI=1S/C15H24/c1-11-10-14(3)7-5-6-13(2)8-9-15(11,4)12(13)14/h10,12H,5-9H2,1-4H3. The summed E-state index contributed by atoms with van der Waals surface area (Å²) in [7, 11) is 0. The van der Waals surface area contributed by atoms with E-state index in [1.165, 1.54) is 32.1 Å². The summed E-state index contributed by atoms with van der Waals surface area (Å²) in [5.41, 5.74) is 3.42. The molecule has 0 aromatic heterocycles. The largest absolute Gasteiger partial charge is 0.0788 e. The van der Waals surface area contributed by atoms with Crippen molar-refractivity contribution in [3.05, 3.63) is 11.6 Å². The van der Waals surface area contributed by atoms with Gasteiger partial charge >= 0.3 is 0 Å². The van der Waals surface area contributed by atoms with Crippen LogP contribution in [0.1, 0.15) is 59.8 Å². The van der Waals surface area contributed by atoms with Gasteiger partial charge < -0.3 is 0 Å². The molecule has 15 heavy (non-hydrogen) atoms. The number of allylic oxidation sites excluding steroid dienone is 2. The van der Waals surface area contributed by atoms with Crippen molar-refractivity contribution < 1.29 is 0 Å². The first kappa shape index (κ1) is 9.93. The maximum absolute atomic E-state index is 2.63. The summed E-state index contributed by atoms with van der Waals surface area (Å²) >= 11 is 0. The van der Waals surface area contributed by atoms with E-state index in [2.05, 4.69) is 33.8 Å². The molecule has 0 amide bonds. The average Bonchev–Trinajstić information content (AvgIpc) is 2.51. The van der Waals surface area contributed by atoms with E-state index >= 15 is 0 Å². The second-order valence-electron chi connectivity index (χ2n) is 7.19. The highest BCUT2D eigenvalue weighted by Crippen LogP contribution is 2.72. The lowest BCUT2D eigenvalue weighted by Gasteiger charge is -2.49. The van der Waals surface area contributed by atoms with Gasteiger partial charge in [0.1, 0.15) is 0 Å². The fourth-order valence-corrected chi connectivity index (χ4v) is 5.65. The number of hydrogen-bond acceptors (Lipinski definition) is 0. The number of rotatable bonds is 0. The Kier molecular flexibility index (Phi) is 1.67.